The second-order valence-electron chi connectivity index (χ2n) is 4.91. The summed E-state index contributed by atoms with van der Waals surface area (Å²) < 4.78 is 6.71. The molecule has 0 bridgehead atoms. The third-order valence-corrected chi connectivity index (χ3v) is 4.93. The number of thiophene rings is 1. The van der Waals surface area contributed by atoms with Crippen LogP contribution in [-0.2, 0) is 6.54 Å². The highest BCUT2D eigenvalue weighted by molar-refractivity contribution is 7.17. The number of nitrogens with one attached hydrogen (secondary N) is 1. The smallest absolute Gasteiger partial charge is 0.143 e. The molecule has 21 heavy (non-hydrogen) atoms. The minimum absolute atomic E-state index is 0.721. The number of anilines is 1. The van der Waals surface area contributed by atoms with Crippen LogP contribution in [0.3, 0.4) is 0 Å². The van der Waals surface area contributed by atoms with Crippen molar-refractivity contribution < 1.29 is 4.74 Å². The van der Waals surface area contributed by atoms with Crippen LogP contribution in [0.15, 0.2) is 41.8 Å². The molecular weight excluding hydrogens is 302 g/mol. The number of methoxy groups -OCH3 is 1. The molecule has 0 aliphatic carbocycles. The molecule has 0 radical (unpaired) electrons. The van der Waals surface area contributed by atoms with E-state index in [0.717, 1.165) is 28.6 Å². The molecule has 0 fully saturated rings. The molecule has 108 valence electrons. The van der Waals surface area contributed by atoms with E-state index >= 15 is 0 Å². The average Bonchev–Trinajstić information content (AvgIpc) is 2.91. The van der Waals surface area contributed by atoms with Crippen LogP contribution in [0.1, 0.15) is 11.1 Å². The minimum Gasteiger partial charge on any atom is -0.495 e. The largest absolute Gasteiger partial charge is 0.495 e. The quantitative estimate of drug-likeness (QED) is 0.687. The van der Waals surface area contributed by atoms with Gasteiger partial charge in [-0.2, -0.15) is 0 Å². The van der Waals surface area contributed by atoms with E-state index in [1.807, 2.05) is 19.1 Å². The van der Waals surface area contributed by atoms with Crippen LogP contribution >= 0.6 is 22.9 Å². The monoisotopic (exact) mass is 317 g/mol. The molecule has 0 atom stereocenters. The van der Waals surface area contributed by atoms with E-state index in [1.165, 1.54) is 15.6 Å². The van der Waals surface area contributed by atoms with Crippen molar-refractivity contribution in [1.82, 2.24) is 0 Å². The Kier molecular flexibility index (Phi) is 4.04. The summed E-state index contributed by atoms with van der Waals surface area (Å²) in [6.07, 6.45) is 0. The van der Waals surface area contributed by atoms with E-state index in [2.05, 4.69) is 35.0 Å². The van der Waals surface area contributed by atoms with E-state index in [4.69, 9.17) is 16.3 Å². The lowest BCUT2D eigenvalue weighted by atomic mass is 10.1. The summed E-state index contributed by atoms with van der Waals surface area (Å²) in [5.74, 6) is 0.769. The molecule has 0 spiro atoms. The Morgan fingerprint density at radius 2 is 2.05 bits per heavy atom. The van der Waals surface area contributed by atoms with Crippen molar-refractivity contribution in [1.29, 1.82) is 0 Å². The summed E-state index contributed by atoms with van der Waals surface area (Å²) in [7, 11) is 1.66. The van der Waals surface area contributed by atoms with Gasteiger partial charge in [-0.25, -0.2) is 0 Å². The molecule has 0 aliphatic rings. The van der Waals surface area contributed by atoms with E-state index < -0.39 is 0 Å². The molecule has 0 unspecified atom stereocenters. The summed E-state index contributed by atoms with van der Waals surface area (Å²) in [6, 6.07) is 12.3. The van der Waals surface area contributed by atoms with Gasteiger partial charge in [0.05, 0.1) is 12.8 Å². The predicted molar refractivity (Wildman–Crippen MR) is 91.9 cm³/mol. The van der Waals surface area contributed by atoms with Gasteiger partial charge in [-0.15, -0.1) is 11.3 Å². The first-order valence-corrected chi connectivity index (χ1v) is 7.98. The van der Waals surface area contributed by atoms with Crippen LogP contribution < -0.4 is 10.1 Å². The Balaban J connectivity index is 1.86. The van der Waals surface area contributed by atoms with Crippen LogP contribution in [-0.4, -0.2) is 7.11 Å². The van der Waals surface area contributed by atoms with Crippen molar-refractivity contribution in [3.8, 4) is 5.75 Å². The first kappa shape index (κ1) is 14.2. The van der Waals surface area contributed by atoms with Crippen molar-refractivity contribution >= 4 is 38.7 Å². The van der Waals surface area contributed by atoms with Crippen molar-refractivity contribution in [3.63, 3.8) is 0 Å². The Hall–Kier alpha value is -1.71. The Morgan fingerprint density at radius 3 is 2.86 bits per heavy atom. The summed E-state index contributed by atoms with van der Waals surface area (Å²) >= 11 is 7.91. The summed E-state index contributed by atoms with van der Waals surface area (Å²) in [5, 5.41) is 7.68. The molecule has 0 saturated heterocycles. The zero-order chi connectivity index (χ0) is 14.8. The fourth-order valence-corrected chi connectivity index (χ4v) is 3.45. The van der Waals surface area contributed by atoms with Crippen LogP contribution in [0.5, 0.6) is 5.75 Å². The topological polar surface area (TPSA) is 21.3 Å². The number of halogens is 1. The van der Waals surface area contributed by atoms with Gasteiger partial charge in [-0.05, 0) is 40.9 Å². The van der Waals surface area contributed by atoms with Gasteiger partial charge in [0.15, 0.2) is 0 Å². The van der Waals surface area contributed by atoms with Crippen LogP contribution in [0.25, 0.3) is 10.1 Å². The SMILES string of the molecule is COc1cc(Cl)c(C)cc1NCc1csc2ccccc12. The zero-order valence-corrected chi connectivity index (χ0v) is 13.5. The van der Waals surface area contributed by atoms with Gasteiger partial charge in [0.2, 0.25) is 0 Å². The van der Waals surface area contributed by atoms with Gasteiger partial charge in [0.1, 0.15) is 5.75 Å². The first-order chi connectivity index (χ1) is 10.2. The number of hydrogen-bond donors (Lipinski definition) is 1. The normalized spacial score (nSPS) is 10.8. The lowest BCUT2D eigenvalue weighted by Crippen LogP contribution is -2.01. The lowest BCUT2D eigenvalue weighted by molar-refractivity contribution is 0.416. The average molecular weight is 318 g/mol. The fourth-order valence-electron chi connectivity index (χ4n) is 2.33. The number of hydrogen-bond acceptors (Lipinski definition) is 3. The van der Waals surface area contributed by atoms with Gasteiger partial charge < -0.3 is 10.1 Å². The third kappa shape index (κ3) is 2.85. The molecule has 0 saturated carbocycles. The van der Waals surface area contributed by atoms with Gasteiger partial charge in [-0.1, -0.05) is 29.8 Å². The number of rotatable bonds is 4. The second-order valence-corrected chi connectivity index (χ2v) is 6.23. The fraction of sp³-hybridized carbons (Fsp3) is 0.176. The van der Waals surface area contributed by atoms with Crippen LogP contribution in [0.2, 0.25) is 5.02 Å². The highest BCUT2D eigenvalue weighted by Gasteiger charge is 2.08. The van der Waals surface area contributed by atoms with Crippen molar-refractivity contribution in [2.45, 2.75) is 13.5 Å². The maximum Gasteiger partial charge on any atom is 0.143 e. The van der Waals surface area contributed by atoms with E-state index in [0.29, 0.717) is 0 Å². The molecule has 2 aromatic carbocycles. The Morgan fingerprint density at radius 1 is 1.24 bits per heavy atom. The third-order valence-electron chi connectivity index (χ3n) is 3.51. The minimum atomic E-state index is 0.721. The maximum atomic E-state index is 6.14. The summed E-state index contributed by atoms with van der Waals surface area (Å²) in [4.78, 5) is 0. The number of benzene rings is 2. The number of fused-ring (bicyclic) bond motifs is 1. The van der Waals surface area contributed by atoms with Gasteiger partial charge in [0.25, 0.3) is 0 Å². The molecule has 1 heterocycles. The van der Waals surface area contributed by atoms with Crippen molar-refractivity contribution in [3.05, 3.63) is 57.9 Å². The predicted octanol–water partition coefficient (Wildman–Crippen LogP) is 5.48. The molecule has 0 aliphatic heterocycles. The number of aryl methyl sites for hydroxylation is 1. The Labute approximate surface area is 133 Å². The van der Waals surface area contributed by atoms with Gasteiger partial charge in [-0.3, -0.25) is 0 Å². The van der Waals surface area contributed by atoms with E-state index in [1.54, 1.807) is 18.4 Å². The van der Waals surface area contributed by atoms with E-state index in [-0.39, 0.29) is 0 Å². The summed E-state index contributed by atoms with van der Waals surface area (Å²) in [5.41, 5.74) is 3.30. The second kappa shape index (κ2) is 5.96. The number of ether oxygens (including phenoxy) is 1. The van der Waals surface area contributed by atoms with Crippen LogP contribution in [0.4, 0.5) is 5.69 Å². The Bertz CT molecular complexity index is 782. The standard InChI is InChI=1S/C17H16ClNOS/c1-11-7-15(16(20-2)8-14(11)18)19-9-12-10-21-17-6-4-3-5-13(12)17/h3-8,10,19H,9H2,1-2H3. The highest BCUT2D eigenvalue weighted by atomic mass is 35.5. The maximum absolute atomic E-state index is 6.14. The molecule has 4 heteroatoms. The molecule has 2 nitrogen and oxygen atoms in total. The molecular formula is C17H16ClNOS. The first-order valence-electron chi connectivity index (χ1n) is 6.72. The summed E-state index contributed by atoms with van der Waals surface area (Å²) in [6.45, 7) is 2.76. The van der Waals surface area contributed by atoms with Crippen molar-refractivity contribution in [2.24, 2.45) is 0 Å². The van der Waals surface area contributed by atoms with Crippen molar-refractivity contribution in [2.75, 3.05) is 12.4 Å². The lowest BCUT2D eigenvalue weighted by Gasteiger charge is -2.13. The molecule has 1 aromatic heterocycles. The van der Waals surface area contributed by atoms with E-state index in [9.17, 15) is 0 Å². The zero-order valence-electron chi connectivity index (χ0n) is 11.9. The molecule has 3 rings (SSSR count). The molecule has 1 N–H and O–H groups in total. The van der Waals surface area contributed by atoms with Gasteiger partial charge >= 0.3 is 0 Å². The highest BCUT2D eigenvalue weighted by Crippen LogP contribution is 2.32. The van der Waals surface area contributed by atoms with Crippen LogP contribution in [0, 0.1) is 6.92 Å². The molecule has 3 aromatic rings. The van der Waals surface area contributed by atoms with Gasteiger partial charge in [0, 0.05) is 22.3 Å². The molecule has 0 amide bonds.